The van der Waals surface area contributed by atoms with Gasteiger partial charge >= 0.3 is 6.09 Å². The number of halogens is 1. The monoisotopic (exact) mass is 400 g/mol. The summed E-state index contributed by atoms with van der Waals surface area (Å²) in [5, 5.41) is 4.38. The summed E-state index contributed by atoms with van der Waals surface area (Å²) in [6.45, 7) is 5.67. The van der Waals surface area contributed by atoms with Gasteiger partial charge < -0.3 is 4.74 Å². The standard InChI is InChI=1S/C15H17IN2O3/c1-3-10-20-15(19)17-14-9-4-11(2)18(21-14)13-7-5-12(16)6-8-13/h3-9,11,14H,1,10H2,2H3,(H,17,19). The zero-order valence-electron chi connectivity index (χ0n) is 11.7. The minimum absolute atomic E-state index is 0.0762. The molecule has 2 atom stereocenters. The topological polar surface area (TPSA) is 50.8 Å². The molecule has 1 heterocycles. The van der Waals surface area contributed by atoms with Gasteiger partial charge in [0.25, 0.3) is 0 Å². The van der Waals surface area contributed by atoms with Gasteiger partial charge in [0.1, 0.15) is 6.61 Å². The number of hydrogen-bond acceptors (Lipinski definition) is 4. The number of benzene rings is 1. The molecule has 112 valence electrons. The second kappa shape index (κ2) is 7.46. The number of carbonyl (C=O) groups excluding carboxylic acids is 1. The fourth-order valence-electron chi connectivity index (χ4n) is 1.84. The molecule has 0 fully saturated rings. The number of nitrogens with one attached hydrogen (secondary N) is 1. The van der Waals surface area contributed by atoms with Crippen LogP contribution in [0.25, 0.3) is 0 Å². The third kappa shape index (κ3) is 4.47. The summed E-state index contributed by atoms with van der Waals surface area (Å²) in [6, 6.07) is 8.04. The highest BCUT2D eigenvalue weighted by Gasteiger charge is 2.23. The Morgan fingerprint density at radius 1 is 1.48 bits per heavy atom. The molecule has 21 heavy (non-hydrogen) atoms. The van der Waals surface area contributed by atoms with Crippen molar-refractivity contribution in [3.63, 3.8) is 0 Å². The van der Waals surface area contributed by atoms with E-state index in [1.165, 1.54) is 6.08 Å². The lowest BCUT2D eigenvalue weighted by Crippen LogP contribution is -2.46. The van der Waals surface area contributed by atoms with Gasteiger partial charge in [0.15, 0.2) is 6.23 Å². The average molecular weight is 400 g/mol. The van der Waals surface area contributed by atoms with Crippen LogP contribution in [0.15, 0.2) is 49.1 Å². The van der Waals surface area contributed by atoms with E-state index in [9.17, 15) is 4.79 Å². The summed E-state index contributed by atoms with van der Waals surface area (Å²) < 4.78 is 6.03. The molecule has 1 aliphatic heterocycles. The van der Waals surface area contributed by atoms with E-state index in [2.05, 4.69) is 34.5 Å². The van der Waals surface area contributed by atoms with Crippen LogP contribution in [0.4, 0.5) is 10.5 Å². The predicted molar refractivity (Wildman–Crippen MR) is 89.8 cm³/mol. The zero-order valence-corrected chi connectivity index (χ0v) is 13.8. The molecule has 1 N–H and O–H groups in total. The molecule has 0 saturated heterocycles. The van der Waals surface area contributed by atoms with Gasteiger partial charge in [0.2, 0.25) is 0 Å². The Morgan fingerprint density at radius 2 is 2.19 bits per heavy atom. The van der Waals surface area contributed by atoms with Gasteiger partial charge in [-0.05, 0) is 59.9 Å². The zero-order chi connectivity index (χ0) is 15.2. The molecule has 1 aromatic carbocycles. The first-order valence-corrected chi connectivity index (χ1v) is 7.62. The first kappa shape index (κ1) is 15.8. The van der Waals surface area contributed by atoms with Gasteiger partial charge in [0, 0.05) is 3.57 Å². The first-order valence-electron chi connectivity index (χ1n) is 6.54. The second-order valence-corrected chi connectivity index (χ2v) is 5.73. The van der Waals surface area contributed by atoms with Crippen molar-refractivity contribution in [2.75, 3.05) is 11.7 Å². The van der Waals surface area contributed by atoms with Gasteiger partial charge in [-0.25, -0.2) is 14.7 Å². The van der Waals surface area contributed by atoms with Crippen molar-refractivity contribution in [1.82, 2.24) is 5.32 Å². The Hall–Kier alpha value is -1.54. The highest BCUT2D eigenvalue weighted by Crippen LogP contribution is 2.23. The van der Waals surface area contributed by atoms with Crippen LogP contribution in [0.5, 0.6) is 0 Å². The van der Waals surface area contributed by atoms with E-state index in [4.69, 9.17) is 9.57 Å². The first-order chi connectivity index (χ1) is 10.1. The normalized spacial score (nSPS) is 21.0. The molecule has 6 heteroatoms. The third-order valence-corrected chi connectivity index (χ3v) is 3.55. The SMILES string of the molecule is C=CCOC(=O)NC1C=CC(C)N(c2ccc(I)cc2)O1. The Balaban J connectivity index is 2.01. The minimum Gasteiger partial charge on any atom is -0.445 e. The molecule has 0 aliphatic carbocycles. The number of rotatable bonds is 4. The van der Waals surface area contributed by atoms with Crippen molar-refractivity contribution < 1.29 is 14.4 Å². The summed E-state index contributed by atoms with van der Waals surface area (Å²) in [4.78, 5) is 17.3. The fraction of sp³-hybridized carbons (Fsp3) is 0.267. The van der Waals surface area contributed by atoms with Crippen molar-refractivity contribution in [2.24, 2.45) is 0 Å². The number of hydrogen-bond donors (Lipinski definition) is 1. The quantitative estimate of drug-likeness (QED) is 0.623. The summed E-state index contributed by atoms with van der Waals surface area (Å²) in [7, 11) is 0. The van der Waals surface area contributed by atoms with Crippen molar-refractivity contribution in [3.8, 4) is 0 Å². The van der Waals surface area contributed by atoms with E-state index >= 15 is 0 Å². The van der Waals surface area contributed by atoms with Crippen molar-refractivity contribution in [3.05, 3.63) is 52.6 Å². The fourth-order valence-corrected chi connectivity index (χ4v) is 2.20. The maximum atomic E-state index is 11.5. The number of amides is 1. The molecule has 0 spiro atoms. The molecule has 0 bridgehead atoms. The van der Waals surface area contributed by atoms with Gasteiger partial charge in [-0.1, -0.05) is 18.7 Å². The summed E-state index contributed by atoms with van der Waals surface area (Å²) in [5.74, 6) is 0. The van der Waals surface area contributed by atoms with Crippen LogP contribution < -0.4 is 10.4 Å². The maximum absolute atomic E-state index is 11.5. The van der Waals surface area contributed by atoms with Gasteiger partial charge in [-0.3, -0.25) is 5.32 Å². The van der Waals surface area contributed by atoms with Crippen LogP contribution in [0.2, 0.25) is 0 Å². The molecule has 1 aliphatic rings. The Kier molecular flexibility index (Phi) is 5.63. The van der Waals surface area contributed by atoms with Crippen LogP contribution in [-0.2, 0) is 9.57 Å². The average Bonchev–Trinajstić information content (AvgIpc) is 2.48. The van der Waals surface area contributed by atoms with Crippen molar-refractivity contribution in [1.29, 1.82) is 0 Å². The lowest BCUT2D eigenvalue weighted by Gasteiger charge is -2.34. The molecule has 0 aromatic heterocycles. The van der Waals surface area contributed by atoms with Crippen LogP contribution >= 0.6 is 22.6 Å². The highest BCUT2D eigenvalue weighted by atomic mass is 127. The summed E-state index contributed by atoms with van der Waals surface area (Å²) in [6.07, 6.45) is 4.18. The van der Waals surface area contributed by atoms with E-state index in [0.717, 1.165) is 9.26 Å². The van der Waals surface area contributed by atoms with E-state index in [1.807, 2.05) is 37.3 Å². The Morgan fingerprint density at radius 3 is 2.86 bits per heavy atom. The van der Waals surface area contributed by atoms with Crippen LogP contribution in [0.3, 0.4) is 0 Å². The Bertz CT molecular complexity index is 530. The minimum atomic E-state index is -0.558. The number of alkyl carbamates (subject to hydrolysis) is 1. The molecule has 1 amide bonds. The maximum Gasteiger partial charge on any atom is 0.409 e. The second-order valence-electron chi connectivity index (χ2n) is 4.49. The van der Waals surface area contributed by atoms with Crippen LogP contribution in [0.1, 0.15) is 6.92 Å². The molecule has 0 radical (unpaired) electrons. The van der Waals surface area contributed by atoms with Crippen molar-refractivity contribution in [2.45, 2.75) is 19.2 Å². The van der Waals surface area contributed by atoms with E-state index < -0.39 is 12.3 Å². The van der Waals surface area contributed by atoms with Crippen LogP contribution in [0, 0.1) is 3.57 Å². The summed E-state index contributed by atoms with van der Waals surface area (Å²) >= 11 is 2.25. The molecular formula is C15H17IN2O3. The number of nitrogens with zero attached hydrogens (tertiary/aromatic N) is 1. The van der Waals surface area contributed by atoms with Gasteiger partial charge in [0.05, 0.1) is 11.7 Å². The van der Waals surface area contributed by atoms with Gasteiger partial charge in [-0.2, -0.15) is 0 Å². The molecule has 0 saturated carbocycles. The molecule has 2 unspecified atom stereocenters. The van der Waals surface area contributed by atoms with Crippen molar-refractivity contribution >= 4 is 34.4 Å². The Labute approximate surface area is 137 Å². The van der Waals surface area contributed by atoms with Gasteiger partial charge in [-0.15, -0.1) is 0 Å². The van der Waals surface area contributed by atoms with E-state index in [0.29, 0.717) is 0 Å². The number of hydroxylamine groups is 1. The lowest BCUT2D eigenvalue weighted by molar-refractivity contribution is 0.0229. The molecule has 1 aromatic rings. The smallest absolute Gasteiger partial charge is 0.409 e. The third-order valence-electron chi connectivity index (χ3n) is 2.83. The van der Waals surface area contributed by atoms with E-state index in [1.54, 1.807) is 11.1 Å². The molecule has 2 rings (SSSR count). The lowest BCUT2D eigenvalue weighted by atomic mass is 10.2. The molecular weight excluding hydrogens is 383 g/mol. The van der Waals surface area contributed by atoms with E-state index in [-0.39, 0.29) is 12.6 Å². The summed E-state index contributed by atoms with van der Waals surface area (Å²) in [5.41, 5.74) is 0.929. The number of carbonyl (C=O) groups is 1. The van der Waals surface area contributed by atoms with Crippen LogP contribution in [-0.4, -0.2) is 25.0 Å². The molecule has 5 nitrogen and oxygen atoms in total. The predicted octanol–water partition coefficient (Wildman–Crippen LogP) is 3.23. The number of ether oxygens (including phenoxy) is 1. The highest BCUT2D eigenvalue weighted by molar-refractivity contribution is 14.1. The largest absolute Gasteiger partial charge is 0.445 e. The number of anilines is 1.